The Hall–Kier alpha value is -3.03. The molecule has 168 valence electrons. The summed E-state index contributed by atoms with van der Waals surface area (Å²) in [5.41, 5.74) is 3.36. The highest BCUT2D eigenvalue weighted by Gasteiger charge is 2.27. The number of carbonyl (C=O) groups is 1. The van der Waals surface area contributed by atoms with E-state index in [0.29, 0.717) is 5.69 Å². The molecule has 0 aliphatic carbocycles. The van der Waals surface area contributed by atoms with Crippen molar-refractivity contribution in [1.29, 1.82) is 0 Å². The molecule has 7 heteroatoms. The molecule has 1 atom stereocenters. The molecular weight excluding hydrogens is 427 g/mol. The number of benzene rings is 3. The van der Waals surface area contributed by atoms with E-state index in [-0.39, 0.29) is 17.2 Å². The van der Waals surface area contributed by atoms with Crippen molar-refractivity contribution in [2.75, 3.05) is 5.32 Å². The van der Waals surface area contributed by atoms with Gasteiger partial charge in [0.1, 0.15) is 11.9 Å². The Morgan fingerprint density at radius 1 is 0.938 bits per heavy atom. The molecule has 3 aromatic carbocycles. The molecule has 32 heavy (non-hydrogen) atoms. The molecule has 0 aliphatic rings. The van der Waals surface area contributed by atoms with Crippen molar-refractivity contribution in [2.24, 2.45) is 0 Å². The fraction of sp³-hybridized carbons (Fsp3) is 0.240. The first-order valence-electron chi connectivity index (χ1n) is 10.4. The van der Waals surface area contributed by atoms with Gasteiger partial charge >= 0.3 is 0 Å². The minimum absolute atomic E-state index is 0.108. The molecule has 2 N–H and O–H groups in total. The molecule has 3 rings (SSSR count). The molecule has 0 aliphatic heterocycles. The van der Waals surface area contributed by atoms with Crippen LogP contribution in [0.5, 0.6) is 0 Å². The lowest BCUT2D eigenvalue weighted by Crippen LogP contribution is -2.45. The van der Waals surface area contributed by atoms with Gasteiger partial charge in [0.25, 0.3) is 0 Å². The predicted molar refractivity (Wildman–Crippen MR) is 125 cm³/mol. The first-order valence-corrected chi connectivity index (χ1v) is 11.9. The van der Waals surface area contributed by atoms with Gasteiger partial charge in [0.05, 0.1) is 4.90 Å². The maximum atomic E-state index is 13.3. The summed E-state index contributed by atoms with van der Waals surface area (Å²) in [5, 5.41) is 2.94. The van der Waals surface area contributed by atoms with Gasteiger partial charge in [0, 0.05) is 5.69 Å². The zero-order valence-electron chi connectivity index (χ0n) is 18.3. The molecule has 0 radical (unpaired) electrons. The average Bonchev–Trinajstić information content (AvgIpc) is 2.75. The van der Waals surface area contributed by atoms with E-state index in [0.717, 1.165) is 28.8 Å². The molecule has 0 aromatic heterocycles. The summed E-state index contributed by atoms with van der Waals surface area (Å²) >= 11 is 0. The van der Waals surface area contributed by atoms with Crippen molar-refractivity contribution in [2.45, 2.75) is 44.0 Å². The number of para-hydroxylation sites is 1. The zero-order valence-corrected chi connectivity index (χ0v) is 19.1. The zero-order chi connectivity index (χ0) is 23.3. The van der Waals surface area contributed by atoms with Crippen LogP contribution in [0.4, 0.5) is 10.1 Å². The van der Waals surface area contributed by atoms with Gasteiger partial charge in [-0.05, 0) is 60.2 Å². The molecule has 1 amide bonds. The van der Waals surface area contributed by atoms with Gasteiger partial charge in [0.2, 0.25) is 15.9 Å². The van der Waals surface area contributed by atoms with E-state index < -0.39 is 27.8 Å². The lowest BCUT2D eigenvalue weighted by molar-refractivity contribution is -0.117. The third kappa shape index (κ3) is 5.81. The number of rotatable bonds is 8. The molecule has 0 spiro atoms. The van der Waals surface area contributed by atoms with Crippen LogP contribution in [0.15, 0.2) is 77.7 Å². The Kier molecular flexibility index (Phi) is 7.43. The van der Waals surface area contributed by atoms with E-state index in [4.69, 9.17) is 0 Å². The largest absolute Gasteiger partial charge is 0.324 e. The molecule has 3 aromatic rings. The van der Waals surface area contributed by atoms with Crippen molar-refractivity contribution in [3.63, 3.8) is 0 Å². The minimum Gasteiger partial charge on any atom is -0.324 e. The highest BCUT2D eigenvalue weighted by molar-refractivity contribution is 7.89. The fourth-order valence-corrected chi connectivity index (χ4v) is 4.65. The van der Waals surface area contributed by atoms with Crippen LogP contribution in [0.3, 0.4) is 0 Å². The standard InChI is InChI=1S/C25H27FN2O3S/c1-17(2)22-11-7-8-18(3)24(22)27-25(29)23(16-19-9-5-4-6-10-19)28-32(30,31)21-14-12-20(26)13-15-21/h4-15,17,23,28H,16H2,1-3H3,(H,27,29)/t23-/m1/s1. The Balaban J connectivity index is 1.93. The van der Waals surface area contributed by atoms with E-state index in [2.05, 4.69) is 10.0 Å². The number of aryl methyl sites for hydroxylation is 1. The number of anilines is 1. The van der Waals surface area contributed by atoms with Crippen LogP contribution in [0.1, 0.15) is 36.5 Å². The van der Waals surface area contributed by atoms with Crippen LogP contribution >= 0.6 is 0 Å². The summed E-state index contributed by atoms with van der Waals surface area (Å²) in [6, 6.07) is 18.4. The van der Waals surface area contributed by atoms with E-state index in [1.165, 1.54) is 12.1 Å². The summed E-state index contributed by atoms with van der Waals surface area (Å²) in [6.07, 6.45) is 0.163. The number of sulfonamides is 1. The quantitative estimate of drug-likeness (QED) is 0.514. The second-order valence-electron chi connectivity index (χ2n) is 8.00. The number of carbonyl (C=O) groups excluding carboxylic acids is 1. The summed E-state index contributed by atoms with van der Waals surface area (Å²) in [6.45, 7) is 5.96. The Morgan fingerprint density at radius 3 is 2.22 bits per heavy atom. The molecular formula is C25H27FN2O3S. The van der Waals surface area contributed by atoms with Gasteiger partial charge in [-0.2, -0.15) is 4.72 Å². The van der Waals surface area contributed by atoms with Crippen molar-refractivity contribution in [3.8, 4) is 0 Å². The van der Waals surface area contributed by atoms with Crippen molar-refractivity contribution >= 4 is 21.6 Å². The van der Waals surface area contributed by atoms with Gasteiger partial charge in [-0.25, -0.2) is 12.8 Å². The van der Waals surface area contributed by atoms with Gasteiger partial charge in [-0.15, -0.1) is 0 Å². The van der Waals surface area contributed by atoms with Crippen LogP contribution in [0, 0.1) is 12.7 Å². The number of amides is 1. The van der Waals surface area contributed by atoms with Crippen LogP contribution in [-0.2, 0) is 21.2 Å². The third-order valence-electron chi connectivity index (χ3n) is 5.20. The summed E-state index contributed by atoms with van der Waals surface area (Å²) in [4.78, 5) is 13.2. The highest BCUT2D eigenvalue weighted by atomic mass is 32.2. The topological polar surface area (TPSA) is 75.3 Å². The van der Waals surface area contributed by atoms with E-state index >= 15 is 0 Å². The van der Waals surface area contributed by atoms with Gasteiger partial charge in [-0.3, -0.25) is 4.79 Å². The number of hydrogen-bond donors (Lipinski definition) is 2. The second-order valence-corrected chi connectivity index (χ2v) is 9.71. The molecule has 0 heterocycles. The van der Waals surface area contributed by atoms with Crippen LogP contribution in [0.2, 0.25) is 0 Å². The minimum atomic E-state index is -4.05. The molecule has 0 saturated carbocycles. The number of nitrogens with one attached hydrogen (secondary N) is 2. The molecule has 0 unspecified atom stereocenters. The van der Waals surface area contributed by atoms with Crippen molar-refractivity contribution < 1.29 is 17.6 Å². The smallest absolute Gasteiger partial charge is 0.242 e. The second kappa shape index (κ2) is 10.1. The first-order chi connectivity index (χ1) is 15.2. The average molecular weight is 455 g/mol. The predicted octanol–water partition coefficient (Wildman–Crippen LogP) is 4.79. The van der Waals surface area contributed by atoms with Crippen LogP contribution in [0.25, 0.3) is 0 Å². The van der Waals surface area contributed by atoms with Crippen LogP contribution in [-0.4, -0.2) is 20.4 Å². The van der Waals surface area contributed by atoms with Gasteiger partial charge in [-0.1, -0.05) is 62.4 Å². The Labute approximate surface area is 188 Å². The Bertz CT molecular complexity index is 1180. The van der Waals surface area contributed by atoms with Crippen molar-refractivity contribution in [3.05, 3.63) is 95.3 Å². The van der Waals surface area contributed by atoms with Gasteiger partial charge < -0.3 is 5.32 Å². The SMILES string of the molecule is Cc1cccc(C(C)C)c1NC(=O)[C@@H](Cc1ccccc1)NS(=O)(=O)c1ccc(F)cc1. The lowest BCUT2D eigenvalue weighted by Gasteiger charge is -2.22. The summed E-state index contributed by atoms with van der Waals surface area (Å²) < 4.78 is 41.6. The van der Waals surface area contributed by atoms with Crippen molar-refractivity contribution in [1.82, 2.24) is 4.72 Å². The maximum Gasteiger partial charge on any atom is 0.242 e. The third-order valence-corrected chi connectivity index (χ3v) is 6.68. The summed E-state index contributed by atoms with van der Waals surface area (Å²) in [5.74, 6) is -0.826. The monoisotopic (exact) mass is 454 g/mol. The lowest BCUT2D eigenvalue weighted by atomic mass is 9.97. The molecule has 0 bridgehead atoms. The fourth-order valence-electron chi connectivity index (χ4n) is 3.46. The number of hydrogen-bond acceptors (Lipinski definition) is 3. The molecule has 0 fully saturated rings. The van der Waals surface area contributed by atoms with E-state index in [1.54, 1.807) is 0 Å². The summed E-state index contributed by atoms with van der Waals surface area (Å²) in [7, 11) is -4.05. The van der Waals surface area contributed by atoms with Crippen LogP contribution < -0.4 is 10.0 Å². The first kappa shape index (κ1) is 23.6. The number of halogens is 1. The van der Waals surface area contributed by atoms with E-state index in [9.17, 15) is 17.6 Å². The van der Waals surface area contributed by atoms with Gasteiger partial charge in [0.15, 0.2) is 0 Å². The molecule has 5 nitrogen and oxygen atoms in total. The maximum absolute atomic E-state index is 13.3. The Morgan fingerprint density at radius 2 is 1.59 bits per heavy atom. The van der Waals surface area contributed by atoms with E-state index in [1.807, 2.05) is 69.3 Å². The highest BCUT2D eigenvalue weighted by Crippen LogP contribution is 2.27. The normalized spacial score (nSPS) is 12.5. The molecule has 0 saturated heterocycles.